The third-order valence-electron chi connectivity index (χ3n) is 5.84. The van der Waals surface area contributed by atoms with Gasteiger partial charge in [0.2, 0.25) is 0 Å². The summed E-state index contributed by atoms with van der Waals surface area (Å²) in [6.45, 7) is 4.03. The first-order valence-electron chi connectivity index (χ1n) is 10.5. The molecule has 0 spiro atoms. The Bertz CT molecular complexity index is 1490. The number of benzene rings is 3. The van der Waals surface area contributed by atoms with Gasteiger partial charge in [0.15, 0.2) is 5.65 Å². The molecular formula is C27H21FN4. The number of nitrogens with one attached hydrogen (secondary N) is 1. The second kappa shape index (κ2) is 7.82. The van der Waals surface area contributed by atoms with Crippen LogP contribution in [0.2, 0.25) is 0 Å². The van der Waals surface area contributed by atoms with Crippen LogP contribution in [0.15, 0.2) is 72.8 Å². The Morgan fingerprint density at radius 1 is 0.969 bits per heavy atom. The minimum atomic E-state index is -0.287. The normalized spacial score (nSPS) is 11.1. The van der Waals surface area contributed by atoms with E-state index in [4.69, 9.17) is 4.98 Å². The molecule has 0 unspecified atom stereocenters. The number of aromatic nitrogens is 2. The number of hydrogen-bond acceptors (Lipinski definition) is 3. The van der Waals surface area contributed by atoms with Gasteiger partial charge in [0.1, 0.15) is 17.7 Å². The molecule has 5 aromatic rings. The van der Waals surface area contributed by atoms with Crippen LogP contribution in [-0.4, -0.2) is 9.38 Å². The van der Waals surface area contributed by atoms with Crippen molar-refractivity contribution in [2.45, 2.75) is 20.3 Å². The maximum absolute atomic E-state index is 13.5. The van der Waals surface area contributed by atoms with Crippen LogP contribution in [0.4, 0.5) is 15.9 Å². The average Bonchev–Trinajstić information content (AvgIpc) is 3.18. The Morgan fingerprint density at radius 3 is 2.41 bits per heavy atom. The molecule has 0 amide bonds. The lowest BCUT2D eigenvalue weighted by Crippen LogP contribution is -2.09. The van der Waals surface area contributed by atoms with Crippen LogP contribution in [-0.2, 0) is 6.42 Å². The number of nitriles is 1. The Hall–Kier alpha value is -4.17. The minimum Gasteiger partial charge on any atom is -0.341 e. The molecule has 1 N–H and O–H groups in total. The van der Waals surface area contributed by atoms with E-state index >= 15 is 0 Å². The van der Waals surface area contributed by atoms with Gasteiger partial charge in [-0.15, -0.1) is 0 Å². The molecule has 4 nitrogen and oxygen atoms in total. The molecule has 0 aliphatic carbocycles. The average molecular weight is 420 g/mol. The number of para-hydroxylation sites is 2. The summed E-state index contributed by atoms with van der Waals surface area (Å²) in [5, 5.41) is 13.5. The van der Waals surface area contributed by atoms with Crippen LogP contribution in [0.25, 0.3) is 16.7 Å². The van der Waals surface area contributed by atoms with Gasteiger partial charge in [0.25, 0.3) is 0 Å². The van der Waals surface area contributed by atoms with E-state index in [1.165, 1.54) is 17.7 Å². The molecule has 0 fully saturated rings. The predicted octanol–water partition coefficient (Wildman–Crippen LogP) is 6.45. The van der Waals surface area contributed by atoms with E-state index < -0.39 is 0 Å². The highest BCUT2D eigenvalue weighted by Crippen LogP contribution is 2.34. The number of fused-ring (bicyclic) bond motifs is 3. The van der Waals surface area contributed by atoms with Crippen molar-refractivity contribution in [3.8, 4) is 6.07 Å². The molecule has 0 radical (unpaired) electrons. The maximum atomic E-state index is 13.5. The summed E-state index contributed by atoms with van der Waals surface area (Å²) < 4.78 is 15.5. The summed E-state index contributed by atoms with van der Waals surface area (Å²) in [4.78, 5) is 4.76. The van der Waals surface area contributed by atoms with Gasteiger partial charge in [0.05, 0.1) is 16.6 Å². The zero-order valence-electron chi connectivity index (χ0n) is 17.9. The largest absolute Gasteiger partial charge is 0.341 e. The summed E-state index contributed by atoms with van der Waals surface area (Å²) in [6.07, 6.45) is 0.646. The van der Waals surface area contributed by atoms with Crippen LogP contribution in [0, 0.1) is 31.0 Å². The number of aryl methyl sites for hydroxylation is 1. The lowest BCUT2D eigenvalue weighted by Gasteiger charge is -2.19. The van der Waals surface area contributed by atoms with Gasteiger partial charge in [-0.25, -0.2) is 9.37 Å². The number of nitrogens with zero attached hydrogens (tertiary/aromatic N) is 3. The Kier molecular flexibility index (Phi) is 4.84. The van der Waals surface area contributed by atoms with E-state index in [1.54, 1.807) is 12.1 Å². The van der Waals surface area contributed by atoms with Crippen molar-refractivity contribution in [2.75, 3.05) is 5.32 Å². The number of pyridine rings is 1. The molecule has 0 saturated heterocycles. The minimum absolute atomic E-state index is 0.287. The van der Waals surface area contributed by atoms with Crippen molar-refractivity contribution in [2.24, 2.45) is 0 Å². The molecule has 0 saturated carbocycles. The number of imidazole rings is 1. The van der Waals surface area contributed by atoms with Crippen LogP contribution in [0.1, 0.15) is 27.8 Å². The van der Waals surface area contributed by atoms with E-state index in [-0.39, 0.29) is 5.82 Å². The van der Waals surface area contributed by atoms with Crippen LogP contribution >= 0.6 is 0 Å². The Labute approximate surface area is 185 Å². The molecule has 0 aliphatic heterocycles. The smallest absolute Gasteiger partial charge is 0.157 e. The van der Waals surface area contributed by atoms with Gasteiger partial charge in [0, 0.05) is 17.7 Å². The van der Waals surface area contributed by atoms with E-state index in [0.717, 1.165) is 39.2 Å². The molecule has 2 aromatic heterocycles. The lowest BCUT2D eigenvalue weighted by molar-refractivity contribution is 0.628. The molecule has 0 atom stereocenters. The van der Waals surface area contributed by atoms with Gasteiger partial charge in [-0.05, 0) is 61.4 Å². The first kappa shape index (κ1) is 19.8. The summed E-state index contributed by atoms with van der Waals surface area (Å²) in [7, 11) is 0. The first-order chi connectivity index (χ1) is 15.5. The van der Waals surface area contributed by atoms with Crippen LogP contribution in [0.3, 0.4) is 0 Å². The maximum Gasteiger partial charge on any atom is 0.157 e. The number of halogens is 1. The zero-order valence-corrected chi connectivity index (χ0v) is 17.9. The van der Waals surface area contributed by atoms with Crippen LogP contribution < -0.4 is 5.32 Å². The molecule has 3 aromatic carbocycles. The first-order valence-corrected chi connectivity index (χ1v) is 10.5. The fourth-order valence-corrected chi connectivity index (χ4v) is 4.11. The number of hydrogen-bond donors (Lipinski definition) is 1. The molecule has 0 bridgehead atoms. The second-order valence-corrected chi connectivity index (χ2v) is 7.99. The fraction of sp³-hybridized carbons (Fsp3) is 0.111. The molecule has 2 heterocycles. The van der Waals surface area contributed by atoms with E-state index in [2.05, 4.69) is 42.6 Å². The second-order valence-electron chi connectivity index (χ2n) is 7.99. The van der Waals surface area contributed by atoms with Gasteiger partial charge < -0.3 is 5.32 Å². The zero-order chi connectivity index (χ0) is 22.2. The van der Waals surface area contributed by atoms with E-state index in [9.17, 15) is 9.65 Å². The molecule has 32 heavy (non-hydrogen) atoms. The molecular weight excluding hydrogens is 399 g/mol. The SMILES string of the molecule is Cc1ccc(Cc2c(C)c(C#N)c3nc4ccccc4n3c2Nc2ccc(F)cc2)cc1. The lowest BCUT2D eigenvalue weighted by atomic mass is 9.97. The molecule has 156 valence electrons. The fourth-order valence-electron chi connectivity index (χ4n) is 4.11. The molecule has 5 heteroatoms. The third-order valence-corrected chi connectivity index (χ3v) is 5.84. The van der Waals surface area contributed by atoms with Crippen molar-refractivity contribution in [3.05, 3.63) is 106 Å². The Morgan fingerprint density at radius 2 is 1.69 bits per heavy atom. The van der Waals surface area contributed by atoms with Gasteiger partial charge in [-0.2, -0.15) is 5.26 Å². The number of rotatable bonds is 4. The van der Waals surface area contributed by atoms with Crippen LogP contribution in [0.5, 0.6) is 0 Å². The van der Waals surface area contributed by atoms with Crippen molar-refractivity contribution in [1.82, 2.24) is 9.38 Å². The highest BCUT2D eigenvalue weighted by atomic mass is 19.1. The summed E-state index contributed by atoms with van der Waals surface area (Å²) in [6, 6.07) is 24.9. The third kappa shape index (κ3) is 3.36. The van der Waals surface area contributed by atoms with Gasteiger partial charge in [-0.3, -0.25) is 4.40 Å². The van der Waals surface area contributed by atoms with Crippen molar-refractivity contribution >= 4 is 28.2 Å². The molecule has 5 rings (SSSR count). The van der Waals surface area contributed by atoms with Crippen molar-refractivity contribution < 1.29 is 4.39 Å². The van der Waals surface area contributed by atoms with Crippen molar-refractivity contribution in [1.29, 1.82) is 5.26 Å². The molecule has 0 aliphatic rings. The summed E-state index contributed by atoms with van der Waals surface area (Å²) in [5.74, 6) is 0.544. The Balaban J connectivity index is 1.81. The summed E-state index contributed by atoms with van der Waals surface area (Å²) in [5.41, 5.74) is 7.91. The van der Waals surface area contributed by atoms with E-state index in [1.807, 2.05) is 35.6 Å². The highest BCUT2D eigenvalue weighted by Gasteiger charge is 2.21. The monoisotopic (exact) mass is 420 g/mol. The topological polar surface area (TPSA) is 53.1 Å². The standard InChI is InChI=1S/C27H21FN4/c1-17-7-9-19(10-8-17)15-22-18(2)23(16-29)27-31-24-5-3-4-6-25(24)32(27)26(22)30-21-13-11-20(28)12-14-21/h3-14,30H,15H2,1-2H3. The highest BCUT2D eigenvalue weighted by molar-refractivity contribution is 5.87. The predicted molar refractivity (Wildman–Crippen MR) is 126 cm³/mol. The quantitative estimate of drug-likeness (QED) is 0.363. The van der Waals surface area contributed by atoms with E-state index in [0.29, 0.717) is 17.6 Å². The summed E-state index contributed by atoms with van der Waals surface area (Å²) >= 11 is 0. The van der Waals surface area contributed by atoms with Crippen molar-refractivity contribution in [3.63, 3.8) is 0 Å². The van der Waals surface area contributed by atoms with Gasteiger partial charge in [-0.1, -0.05) is 42.0 Å². The number of anilines is 2. The van der Waals surface area contributed by atoms with Gasteiger partial charge >= 0.3 is 0 Å².